The average Bonchev–Trinajstić information content (AvgIpc) is 1.85. The van der Waals surface area contributed by atoms with E-state index < -0.39 is 10.2 Å². The highest BCUT2D eigenvalue weighted by molar-refractivity contribution is 7.87. The molecule has 0 unspecified atom stereocenters. The fourth-order valence-electron chi connectivity index (χ4n) is 0.945. The number of aliphatic imine (C=N–C) groups is 1. The fraction of sp³-hybridized carbons (Fsp3) is 0.800. The molecule has 0 atom stereocenters. The molecule has 0 saturated carbocycles. The second-order valence-corrected chi connectivity index (χ2v) is 3.73. The molecule has 6 heteroatoms. The van der Waals surface area contributed by atoms with Gasteiger partial charge in [-0.2, -0.15) is 8.42 Å². The first-order chi connectivity index (χ1) is 5.08. The Bertz CT molecular complexity index is 257. The van der Waals surface area contributed by atoms with E-state index in [0.29, 0.717) is 18.8 Å². The molecule has 0 aliphatic carbocycles. The maximum atomic E-state index is 10.5. The Hall–Kier alpha value is -0.620. The number of nitrogens with zero attached hydrogens (tertiary/aromatic N) is 1. The Morgan fingerprint density at radius 2 is 2.18 bits per heavy atom. The molecule has 0 bridgehead atoms. The van der Waals surface area contributed by atoms with E-state index in [0.717, 1.165) is 12.8 Å². The van der Waals surface area contributed by atoms with Gasteiger partial charge < -0.3 is 0 Å². The summed E-state index contributed by atoms with van der Waals surface area (Å²) in [4.78, 5) is 3.96. The molecule has 1 aliphatic heterocycles. The number of nitrogens with one attached hydrogen (secondary N) is 1. The summed E-state index contributed by atoms with van der Waals surface area (Å²) >= 11 is 0. The lowest BCUT2D eigenvalue weighted by Crippen LogP contribution is -2.37. The van der Waals surface area contributed by atoms with Crippen molar-refractivity contribution >= 4 is 16.0 Å². The van der Waals surface area contributed by atoms with Crippen molar-refractivity contribution in [2.45, 2.75) is 19.3 Å². The largest absolute Gasteiger partial charge is 0.297 e. The first-order valence-electron chi connectivity index (χ1n) is 3.42. The third-order valence-corrected chi connectivity index (χ3v) is 1.90. The van der Waals surface area contributed by atoms with Gasteiger partial charge in [0.2, 0.25) is 0 Å². The van der Waals surface area contributed by atoms with Crippen LogP contribution in [0.5, 0.6) is 0 Å². The van der Waals surface area contributed by atoms with Crippen molar-refractivity contribution < 1.29 is 8.42 Å². The molecule has 64 valence electrons. The van der Waals surface area contributed by atoms with E-state index in [1.54, 1.807) is 0 Å². The lowest BCUT2D eigenvalue weighted by molar-refractivity contribution is 0.592. The SMILES string of the molecule is NS(=O)(=O)NC1=NCCCC1. The minimum Gasteiger partial charge on any atom is -0.272 e. The summed E-state index contributed by atoms with van der Waals surface area (Å²) in [5.74, 6) is 0.485. The van der Waals surface area contributed by atoms with Crippen LogP contribution in [-0.4, -0.2) is 20.8 Å². The van der Waals surface area contributed by atoms with E-state index in [1.165, 1.54) is 0 Å². The zero-order valence-corrected chi connectivity index (χ0v) is 6.89. The Kier molecular flexibility index (Phi) is 2.45. The molecule has 1 heterocycles. The van der Waals surface area contributed by atoms with E-state index in [-0.39, 0.29) is 0 Å². The second-order valence-electron chi connectivity index (χ2n) is 2.43. The van der Waals surface area contributed by atoms with Crippen LogP contribution in [0.2, 0.25) is 0 Å². The quantitative estimate of drug-likeness (QED) is 0.558. The van der Waals surface area contributed by atoms with Crippen LogP contribution in [0.15, 0.2) is 4.99 Å². The van der Waals surface area contributed by atoms with Crippen LogP contribution >= 0.6 is 0 Å². The predicted molar refractivity (Wildman–Crippen MR) is 42.4 cm³/mol. The topological polar surface area (TPSA) is 84.5 Å². The predicted octanol–water partition coefficient (Wildman–Crippen LogP) is -0.638. The van der Waals surface area contributed by atoms with Crippen molar-refractivity contribution in [1.29, 1.82) is 0 Å². The normalized spacial score (nSPS) is 19.2. The third-order valence-electron chi connectivity index (χ3n) is 1.38. The molecule has 11 heavy (non-hydrogen) atoms. The van der Waals surface area contributed by atoms with E-state index in [2.05, 4.69) is 9.71 Å². The van der Waals surface area contributed by atoms with Gasteiger partial charge in [0.25, 0.3) is 10.2 Å². The Morgan fingerprint density at radius 1 is 1.45 bits per heavy atom. The highest BCUT2D eigenvalue weighted by Gasteiger charge is 2.08. The second kappa shape index (κ2) is 3.19. The minimum atomic E-state index is -3.60. The van der Waals surface area contributed by atoms with Gasteiger partial charge in [0.1, 0.15) is 5.84 Å². The molecule has 0 radical (unpaired) electrons. The molecule has 0 saturated heterocycles. The molecule has 0 aromatic heterocycles. The maximum Gasteiger partial charge on any atom is 0.297 e. The summed E-state index contributed by atoms with van der Waals surface area (Å²) < 4.78 is 23.1. The smallest absolute Gasteiger partial charge is 0.272 e. The number of rotatable bonds is 1. The summed E-state index contributed by atoms with van der Waals surface area (Å²) in [6.45, 7) is 0.692. The summed E-state index contributed by atoms with van der Waals surface area (Å²) in [5, 5.41) is 4.75. The number of hydrogen-bond donors (Lipinski definition) is 2. The molecule has 3 N–H and O–H groups in total. The van der Waals surface area contributed by atoms with Crippen LogP contribution in [0.1, 0.15) is 19.3 Å². The highest BCUT2D eigenvalue weighted by Crippen LogP contribution is 2.03. The molecule has 1 aliphatic rings. The van der Waals surface area contributed by atoms with Crippen LogP contribution in [0.4, 0.5) is 0 Å². The zero-order chi connectivity index (χ0) is 8.32. The lowest BCUT2D eigenvalue weighted by Gasteiger charge is -2.11. The Balaban J connectivity index is 2.55. The monoisotopic (exact) mass is 177 g/mol. The van der Waals surface area contributed by atoms with Crippen LogP contribution in [0, 0.1) is 0 Å². The molecular weight excluding hydrogens is 166 g/mol. The van der Waals surface area contributed by atoms with E-state index in [1.807, 2.05) is 0 Å². The van der Waals surface area contributed by atoms with Crippen LogP contribution in [0.3, 0.4) is 0 Å². The van der Waals surface area contributed by atoms with Gasteiger partial charge in [-0.1, -0.05) is 0 Å². The Morgan fingerprint density at radius 3 is 2.64 bits per heavy atom. The Labute approximate surface area is 65.9 Å². The van der Waals surface area contributed by atoms with Gasteiger partial charge >= 0.3 is 0 Å². The van der Waals surface area contributed by atoms with Crippen molar-refractivity contribution in [3.05, 3.63) is 0 Å². The number of hydrogen-bond acceptors (Lipinski definition) is 3. The van der Waals surface area contributed by atoms with Gasteiger partial charge in [0.05, 0.1) is 0 Å². The van der Waals surface area contributed by atoms with Crippen molar-refractivity contribution in [1.82, 2.24) is 4.72 Å². The maximum absolute atomic E-state index is 10.5. The number of nitrogens with two attached hydrogens (primary N) is 1. The van der Waals surface area contributed by atoms with E-state index in [4.69, 9.17) is 5.14 Å². The van der Waals surface area contributed by atoms with Crippen LogP contribution < -0.4 is 9.86 Å². The fourth-order valence-corrected chi connectivity index (χ4v) is 1.44. The molecular formula is C5H11N3O2S. The first-order valence-corrected chi connectivity index (χ1v) is 4.96. The van der Waals surface area contributed by atoms with Crippen molar-refractivity contribution in [2.75, 3.05) is 6.54 Å². The van der Waals surface area contributed by atoms with Gasteiger partial charge in [-0.15, -0.1) is 0 Å². The van der Waals surface area contributed by atoms with Gasteiger partial charge in [0, 0.05) is 13.0 Å². The third kappa shape index (κ3) is 3.33. The summed E-state index contributed by atoms with van der Waals surface area (Å²) in [6.07, 6.45) is 2.67. The zero-order valence-electron chi connectivity index (χ0n) is 6.08. The van der Waals surface area contributed by atoms with Crippen molar-refractivity contribution in [2.24, 2.45) is 10.1 Å². The summed E-state index contributed by atoms with van der Waals surface area (Å²) in [7, 11) is -3.60. The standard InChI is InChI=1S/C5H11N3O2S/c6-11(9,10)8-5-3-1-2-4-7-5/h1-4H2,(H,7,8)(H2,6,9,10). The van der Waals surface area contributed by atoms with Crippen LogP contribution in [-0.2, 0) is 10.2 Å². The average molecular weight is 177 g/mol. The van der Waals surface area contributed by atoms with Gasteiger partial charge in [-0.05, 0) is 12.8 Å². The summed E-state index contributed by atoms with van der Waals surface area (Å²) in [6, 6.07) is 0. The molecule has 1 rings (SSSR count). The molecule has 0 aromatic carbocycles. The van der Waals surface area contributed by atoms with Gasteiger partial charge in [0.15, 0.2) is 0 Å². The molecule has 0 fully saturated rings. The van der Waals surface area contributed by atoms with Gasteiger partial charge in [-0.3, -0.25) is 9.71 Å². The summed E-state index contributed by atoms with van der Waals surface area (Å²) in [5.41, 5.74) is 0. The molecule has 0 amide bonds. The molecule has 5 nitrogen and oxygen atoms in total. The van der Waals surface area contributed by atoms with Crippen molar-refractivity contribution in [3.63, 3.8) is 0 Å². The van der Waals surface area contributed by atoms with E-state index >= 15 is 0 Å². The van der Waals surface area contributed by atoms with E-state index in [9.17, 15) is 8.42 Å². The van der Waals surface area contributed by atoms with Crippen LogP contribution in [0.25, 0.3) is 0 Å². The number of amidine groups is 1. The van der Waals surface area contributed by atoms with Gasteiger partial charge in [-0.25, -0.2) is 5.14 Å². The van der Waals surface area contributed by atoms with Crippen molar-refractivity contribution in [3.8, 4) is 0 Å². The highest BCUT2D eigenvalue weighted by atomic mass is 32.2. The minimum absolute atomic E-state index is 0.485. The molecule has 0 aromatic rings. The molecule has 0 spiro atoms. The first kappa shape index (κ1) is 8.48. The lowest BCUT2D eigenvalue weighted by atomic mass is 10.2.